The molecule has 0 saturated carbocycles. The van der Waals surface area contributed by atoms with Crippen molar-refractivity contribution in [3.63, 3.8) is 0 Å². The van der Waals surface area contributed by atoms with E-state index in [1.54, 1.807) is 11.3 Å². The van der Waals surface area contributed by atoms with Gasteiger partial charge in [-0.1, -0.05) is 35.9 Å². The van der Waals surface area contributed by atoms with Crippen LogP contribution in [0.1, 0.15) is 10.4 Å². The SMILES string of the molecule is Clc1ccc(CCNCc2cncc3ccccc23)s1. The van der Waals surface area contributed by atoms with Gasteiger partial charge in [0.2, 0.25) is 0 Å². The second-order valence-corrected chi connectivity index (χ2v) is 6.45. The summed E-state index contributed by atoms with van der Waals surface area (Å²) in [7, 11) is 0. The summed E-state index contributed by atoms with van der Waals surface area (Å²) in [5, 5.41) is 5.94. The second-order valence-electron chi connectivity index (χ2n) is 4.65. The average molecular weight is 303 g/mol. The fraction of sp³-hybridized carbons (Fsp3) is 0.188. The van der Waals surface area contributed by atoms with Crippen LogP contribution in [-0.4, -0.2) is 11.5 Å². The maximum Gasteiger partial charge on any atom is 0.0931 e. The molecule has 0 saturated heterocycles. The molecular weight excluding hydrogens is 288 g/mol. The molecule has 3 aromatic rings. The highest BCUT2D eigenvalue weighted by Crippen LogP contribution is 2.21. The molecule has 0 atom stereocenters. The number of nitrogens with one attached hydrogen (secondary N) is 1. The molecule has 3 rings (SSSR count). The zero-order valence-electron chi connectivity index (χ0n) is 11.0. The minimum absolute atomic E-state index is 0.841. The van der Waals surface area contributed by atoms with Crippen LogP contribution in [0.25, 0.3) is 10.8 Å². The minimum Gasteiger partial charge on any atom is -0.312 e. The second kappa shape index (κ2) is 6.35. The van der Waals surface area contributed by atoms with Gasteiger partial charge in [-0.15, -0.1) is 11.3 Å². The van der Waals surface area contributed by atoms with Gasteiger partial charge in [0.1, 0.15) is 0 Å². The number of benzene rings is 1. The summed E-state index contributed by atoms with van der Waals surface area (Å²) < 4.78 is 0.859. The summed E-state index contributed by atoms with van der Waals surface area (Å²) in [6.45, 7) is 1.79. The normalized spacial score (nSPS) is 11.1. The summed E-state index contributed by atoms with van der Waals surface area (Å²) >= 11 is 7.57. The Morgan fingerprint density at radius 2 is 2.00 bits per heavy atom. The van der Waals surface area contributed by atoms with Crippen molar-refractivity contribution in [2.75, 3.05) is 6.54 Å². The van der Waals surface area contributed by atoms with E-state index in [1.807, 2.05) is 24.5 Å². The highest BCUT2D eigenvalue weighted by atomic mass is 35.5. The lowest BCUT2D eigenvalue weighted by atomic mass is 10.1. The summed E-state index contributed by atoms with van der Waals surface area (Å²) in [5.74, 6) is 0. The maximum absolute atomic E-state index is 5.92. The monoisotopic (exact) mass is 302 g/mol. The standard InChI is InChI=1S/C16H15ClN2S/c17-16-6-5-14(20-16)7-8-18-10-13-11-19-9-12-3-1-2-4-15(12)13/h1-6,9,11,18H,7-8,10H2. The van der Waals surface area contributed by atoms with E-state index in [-0.39, 0.29) is 0 Å². The Bertz CT molecular complexity index is 703. The van der Waals surface area contributed by atoms with E-state index in [2.05, 4.69) is 34.6 Å². The van der Waals surface area contributed by atoms with Gasteiger partial charge in [-0.3, -0.25) is 4.98 Å². The van der Waals surface area contributed by atoms with Gasteiger partial charge in [0.05, 0.1) is 4.34 Å². The van der Waals surface area contributed by atoms with Gasteiger partial charge >= 0.3 is 0 Å². The van der Waals surface area contributed by atoms with E-state index in [4.69, 9.17) is 11.6 Å². The van der Waals surface area contributed by atoms with E-state index in [1.165, 1.54) is 21.2 Å². The average Bonchev–Trinajstić information content (AvgIpc) is 2.89. The van der Waals surface area contributed by atoms with Crippen LogP contribution < -0.4 is 5.32 Å². The Labute approximate surface area is 127 Å². The third-order valence-electron chi connectivity index (χ3n) is 3.24. The summed E-state index contributed by atoms with van der Waals surface area (Å²) in [6.07, 6.45) is 4.86. The van der Waals surface area contributed by atoms with Gasteiger partial charge in [-0.2, -0.15) is 0 Å². The third-order valence-corrected chi connectivity index (χ3v) is 4.53. The van der Waals surface area contributed by atoms with Gasteiger partial charge in [-0.25, -0.2) is 0 Å². The Hall–Kier alpha value is -1.42. The molecule has 4 heteroatoms. The van der Waals surface area contributed by atoms with Gasteiger partial charge in [0.25, 0.3) is 0 Å². The highest BCUT2D eigenvalue weighted by molar-refractivity contribution is 7.16. The molecule has 0 aliphatic carbocycles. The Morgan fingerprint density at radius 1 is 1.10 bits per heavy atom. The van der Waals surface area contributed by atoms with Crippen molar-refractivity contribution in [2.45, 2.75) is 13.0 Å². The number of nitrogens with zero attached hydrogens (tertiary/aromatic N) is 1. The van der Waals surface area contributed by atoms with Crippen molar-refractivity contribution in [1.29, 1.82) is 0 Å². The predicted molar refractivity (Wildman–Crippen MR) is 86.5 cm³/mol. The van der Waals surface area contributed by atoms with Gasteiger partial charge in [-0.05, 0) is 29.5 Å². The van der Waals surface area contributed by atoms with Crippen LogP contribution in [0.3, 0.4) is 0 Å². The predicted octanol–water partition coefficient (Wildman–Crippen LogP) is 4.28. The number of rotatable bonds is 5. The molecule has 0 unspecified atom stereocenters. The van der Waals surface area contributed by atoms with Crippen molar-refractivity contribution < 1.29 is 0 Å². The molecule has 1 N–H and O–H groups in total. The van der Waals surface area contributed by atoms with E-state index in [0.717, 1.165) is 23.8 Å². The zero-order chi connectivity index (χ0) is 13.8. The molecule has 0 fully saturated rings. The van der Waals surface area contributed by atoms with Crippen molar-refractivity contribution in [3.05, 3.63) is 63.6 Å². The lowest BCUT2D eigenvalue weighted by Gasteiger charge is -2.07. The Morgan fingerprint density at radius 3 is 2.85 bits per heavy atom. The molecular formula is C16H15ClN2S. The van der Waals surface area contributed by atoms with E-state index in [0.29, 0.717) is 0 Å². The molecule has 0 radical (unpaired) electrons. The molecule has 1 aromatic carbocycles. The zero-order valence-corrected chi connectivity index (χ0v) is 12.5. The summed E-state index contributed by atoms with van der Waals surface area (Å²) in [5.41, 5.74) is 1.24. The van der Waals surface area contributed by atoms with Crippen molar-refractivity contribution in [2.24, 2.45) is 0 Å². The number of aromatic nitrogens is 1. The highest BCUT2D eigenvalue weighted by Gasteiger charge is 2.01. The number of thiophene rings is 1. The fourth-order valence-corrected chi connectivity index (χ4v) is 3.33. The first-order valence-corrected chi connectivity index (χ1v) is 7.79. The van der Waals surface area contributed by atoms with E-state index >= 15 is 0 Å². The van der Waals surface area contributed by atoms with Crippen LogP contribution in [0.15, 0.2) is 48.8 Å². The fourth-order valence-electron chi connectivity index (χ4n) is 2.24. The Kier molecular flexibility index (Phi) is 4.31. The Balaban J connectivity index is 1.60. The van der Waals surface area contributed by atoms with Crippen LogP contribution in [-0.2, 0) is 13.0 Å². The van der Waals surface area contributed by atoms with Crippen LogP contribution in [0.5, 0.6) is 0 Å². The van der Waals surface area contributed by atoms with Crippen LogP contribution in [0.2, 0.25) is 4.34 Å². The largest absolute Gasteiger partial charge is 0.312 e. The number of hydrogen-bond acceptors (Lipinski definition) is 3. The third kappa shape index (κ3) is 3.18. The van der Waals surface area contributed by atoms with Crippen molar-refractivity contribution in [3.8, 4) is 0 Å². The molecule has 102 valence electrons. The van der Waals surface area contributed by atoms with Crippen LogP contribution in [0.4, 0.5) is 0 Å². The number of pyridine rings is 1. The topological polar surface area (TPSA) is 24.9 Å². The maximum atomic E-state index is 5.92. The molecule has 20 heavy (non-hydrogen) atoms. The molecule has 0 bridgehead atoms. The van der Waals surface area contributed by atoms with E-state index < -0.39 is 0 Å². The van der Waals surface area contributed by atoms with Gasteiger partial charge in [0.15, 0.2) is 0 Å². The van der Waals surface area contributed by atoms with Gasteiger partial charge in [0, 0.05) is 35.7 Å². The number of hydrogen-bond donors (Lipinski definition) is 1. The molecule has 0 aliphatic heterocycles. The molecule has 2 heterocycles. The molecule has 2 nitrogen and oxygen atoms in total. The minimum atomic E-state index is 0.841. The quantitative estimate of drug-likeness (QED) is 0.712. The van der Waals surface area contributed by atoms with Crippen molar-refractivity contribution >= 4 is 33.7 Å². The smallest absolute Gasteiger partial charge is 0.0931 e. The number of fused-ring (bicyclic) bond motifs is 1. The number of halogens is 1. The van der Waals surface area contributed by atoms with Crippen LogP contribution in [0, 0.1) is 0 Å². The van der Waals surface area contributed by atoms with Crippen LogP contribution >= 0.6 is 22.9 Å². The first-order valence-electron chi connectivity index (χ1n) is 6.59. The molecule has 2 aromatic heterocycles. The van der Waals surface area contributed by atoms with Crippen molar-refractivity contribution in [1.82, 2.24) is 10.3 Å². The van der Waals surface area contributed by atoms with E-state index in [9.17, 15) is 0 Å². The first-order chi connectivity index (χ1) is 9.83. The molecule has 0 spiro atoms. The molecule has 0 amide bonds. The lowest BCUT2D eigenvalue weighted by Crippen LogP contribution is -2.16. The summed E-state index contributed by atoms with van der Waals surface area (Å²) in [4.78, 5) is 5.62. The molecule has 0 aliphatic rings. The first kappa shape index (κ1) is 13.6. The lowest BCUT2D eigenvalue weighted by molar-refractivity contribution is 0.692. The van der Waals surface area contributed by atoms with Gasteiger partial charge < -0.3 is 5.32 Å². The summed E-state index contributed by atoms with van der Waals surface area (Å²) in [6, 6.07) is 12.4.